The molecule has 0 radical (unpaired) electrons. The van der Waals surface area contributed by atoms with Crippen molar-refractivity contribution in [3.05, 3.63) is 65.4 Å². The second-order valence-corrected chi connectivity index (χ2v) is 6.48. The first-order chi connectivity index (χ1) is 11.8. The van der Waals surface area contributed by atoms with E-state index in [1.165, 1.54) is 27.6 Å². The van der Waals surface area contributed by atoms with E-state index < -0.39 is 0 Å². The lowest BCUT2D eigenvalue weighted by Crippen LogP contribution is -2.25. The van der Waals surface area contributed by atoms with Crippen LogP contribution in [0, 0.1) is 0 Å². The molecule has 1 N–H and O–H groups in total. The lowest BCUT2D eigenvalue weighted by Gasteiger charge is -2.20. The van der Waals surface area contributed by atoms with E-state index in [9.17, 15) is 0 Å². The zero-order valence-corrected chi connectivity index (χ0v) is 14.2. The first-order valence-electron chi connectivity index (χ1n) is 8.86. The van der Waals surface area contributed by atoms with Gasteiger partial charge in [0, 0.05) is 42.2 Å². The lowest BCUT2D eigenvalue weighted by molar-refractivity contribution is 0.284. The molecular formula is C21H24N2O. The van der Waals surface area contributed by atoms with E-state index >= 15 is 0 Å². The maximum Gasteiger partial charge on any atom is 0.123 e. The smallest absolute Gasteiger partial charge is 0.123 e. The fraction of sp³-hybridized carbons (Fsp3) is 0.333. The molecule has 0 aliphatic carbocycles. The number of nitrogens with one attached hydrogen (secondary N) is 1. The van der Waals surface area contributed by atoms with E-state index in [1.54, 1.807) is 0 Å². The van der Waals surface area contributed by atoms with Gasteiger partial charge in [0.05, 0.1) is 6.61 Å². The zero-order chi connectivity index (χ0) is 16.4. The molecule has 1 aliphatic rings. The van der Waals surface area contributed by atoms with E-state index in [4.69, 9.17) is 4.74 Å². The molecule has 0 bridgehead atoms. The van der Waals surface area contributed by atoms with Crippen molar-refractivity contribution in [2.45, 2.75) is 26.3 Å². The Labute approximate surface area is 143 Å². The highest BCUT2D eigenvalue weighted by atomic mass is 16.5. The van der Waals surface area contributed by atoms with Gasteiger partial charge in [-0.25, -0.2) is 0 Å². The predicted octanol–water partition coefficient (Wildman–Crippen LogP) is 4.17. The number of hydrogen-bond donors (Lipinski definition) is 1. The van der Waals surface area contributed by atoms with Crippen molar-refractivity contribution in [3.8, 4) is 5.75 Å². The van der Waals surface area contributed by atoms with Gasteiger partial charge >= 0.3 is 0 Å². The second-order valence-electron chi connectivity index (χ2n) is 6.48. The van der Waals surface area contributed by atoms with Crippen molar-refractivity contribution < 1.29 is 4.74 Å². The fourth-order valence-corrected chi connectivity index (χ4v) is 3.67. The Morgan fingerprint density at radius 2 is 2.00 bits per heavy atom. The van der Waals surface area contributed by atoms with Crippen molar-refractivity contribution in [1.82, 2.24) is 9.88 Å². The average molecular weight is 320 g/mol. The zero-order valence-electron chi connectivity index (χ0n) is 14.2. The van der Waals surface area contributed by atoms with E-state index in [2.05, 4.69) is 65.5 Å². The molecule has 0 fully saturated rings. The van der Waals surface area contributed by atoms with Crippen molar-refractivity contribution >= 4 is 10.9 Å². The summed E-state index contributed by atoms with van der Waals surface area (Å²) in [5.41, 5.74) is 5.42. The minimum Gasteiger partial charge on any atom is -0.493 e. The highest BCUT2D eigenvalue weighted by Gasteiger charge is 2.18. The van der Waals surface area contributed by atoms with Crippen LogP contribution in [-0.2, 0) is 19.4 Å². The molecule has 0 spiro atoms. The summed E-state index contributed by atoms with van der Waals surface area (Å²) in [6.45, 7) is 6.21. The summed E-state index contributed by atoms with van der Waals surface area (Å²) in [5.74, 6) is 1.07. The van der Waals surface area contributed by atoms with Crippen molar-refractivity contribution in [3.63, 3.8) is 0 Å². The summed E-state index contributed by atoms with van der Waals surface area (Å²) in [6.07, 6.45) is 4.27. The van der Waals surface area contributed by atoms with Crippen LogP contribution in [0.5, 0.6) is 5.75 Å². The highest BCUT2D eigenvalue weighted by molar-refractivity contribution is 5.89. The molecule has 0 unspecified atom stereocenters. The van der Waals surface area contributed by atoms with Gasteiger partial charge in [-0.3, -0.25) is 4.90 Å². The normalized spacial score (nSPS) is 13.4. The van der Waals surface area contributed by atoms with Crippen molar-refractivity contribution in [1.29, 1.82) is 0 Å². The Balaban J connectivity index is 1.51. The van der Waals surface area contributed by atoms with Crippen LogP contribution < -0.4 is 4.74 Å². The topological polar surface area (TPSA) is 28.3 Å². The fourth-order valence-electron chi connectivity index (χ4n) is 3.67. The number of H-pyrrole nitrogens is 1. The number of likely N-dealkylation sites (N-methyl/N-ethyl adjacent to an activating group) is 1. The third kappa shape index (κ3) is 2.92. The van der Waals surface area contributed by atoms with Crippen LogP contribution >= 0.6 is 0 Å². The molecule has 0 saturated carbocycles. The van der Waals surface area contributed by atoms with E-state index in [-0.39, 0.29) is 0 Å². The van der Waals surface area contributed by atoms with Gasteiger partial charge in [-0.2, -0.15) is 0 Å². The maximum absolute atomic E-state index is 5.73. The molecular weight excluding hydrogens is 296 g/mol. The molecule has 3 heteroatoms. The number of aromatic nitrogens is 1. The van der Waals surface area contributed by atoms with Gasteiger partial charge < -0.3 is 9.72 Å². The number of nitrogens with zero attached hydrogens (tertiary/aromatic N) is 1. The van der Waals surface area contributed by atoms with Crippen LogP contribution in [0.2, 0.25) is 0 Å². The quantitative estimate of drug-likeness (QED) is 0.738. The molecule has 3 nitrogen and oxygen atoms in total. The number of ether oxygens (including phenoxy) is 1. The standard InChI is InChI=1S/C21H24N2O/c1-2-23(15-16-6-4-3-5-7-16)12-10-17-14-22-19-8-9-20-18(21(17)19)11-13-24-20/h3-9,14,22H,2,10-13,15H2,1H3. The van der Waals surface area contributed by atoms with Crippen LogP contribution in [0.3, 0.4) is 0 Å². The molecule has 2 aromatic carbocycles. The molecule has 0 amide bonds. The number of rotatable bonds is 6. The van der Waals surface area contributed by atoms with Crippen LogP contribution in [0.4, 0.5) is 0 Å². The van der Waals surface area contributed by atoms with Crippen LogP contribution in [0.15, 0.2) is 48.7 Å². The van der Waals surface area contributed by atoms with Crippen LogP contribution in [0.1, 0.15) is 23.6 Å². The monoisotopic (exact) mass is 320 g/mol. The van der Waals surface area contributed by atoms with Gasteiger partial charge in [0.2, 0.25) is 0 Å². The van der Waals surface area contributed by atoms with Crippen LogP contribution in [0.25, 0.3) is 10.9 Å². The van der Waals surface area contributed by atoms with Gasteiger partial charge in [0.1, 0.15) is 5.75 Å². The maximum atomic E-state index is 5.73. The predicted molar refractivity (Wildman–Crippen MR) is 98.6 cm³/mol. The molecule has 24 heavy (non-hydrogen) atoms. The number of hydrogen-bond acceptors (Lipinski definition) is 2. The third-order valence-corrected chi connectivity index (χ3v) is 5.00. The summed E-state index contributed by atoms with van der Waals surface area (Å²) < 4.78 is 5.73. The van der Waals surface area contributed by atoms with E-state index in [0.717, 1.165) is 44.8 Å². The number of aromatic amines is 1. The summed E-state index contributed by atoms with van der Waals surface area (Å²) in [6, 6.07) is 15.0. The molecule has 124 valence electrons. The van der Waals surface area contributed by atoms with Crippen molar-refractivity contribution in [2.75, 3.05) is 19.7 Å². The minimum absolute atomic E-state index is 0.814. The Morgan fingerprint density at radius 3 is 2.83 bits per heavy atom. The van der Waals surface area contributed by atoms with Gasteiger partial charge in [-0.05, 0) is 36.2 Å². The van der Waals surface area contributed by atoms with Gasteiger partial charge in [-0.1, -0.05) is 37.3 Å². The summed E-state index contributed by atoms with van der Waals surface area (Å²) in [4.78, 5) is 5.94. The van der Waals surface area contributed by atoms with Gasteiger partial charge in [0.15, 0.2) is 0 Å². The number of fused-ring (bicyclic) bond motifs is 3. The first kappa shape index (κ1) is 15.3. The van der Waals surface area contributed by atoms with E-state index in [1.807, 2.05) is 0 Å². The molecule has 1 aromatic heterocycles. The Morgan fingerprint density at radius 1 is 1.12 bits per heavy atom. The molecule has 4 rings (SSSR count). The summed E-state index contributed by atoms with van der Waals surface area (Å²) in [7, 11) is 0. The third-order valence-electron chi connectivity index (χ3n) is 5.00. The molecule has 3 aromatic rings. The molecule has 0 atom stereocenters. The lowest BCUT2D eigenvalue weighted by atomic mass is 10.0. The second kappa shape index (κ2) is 6.70. The largest absolute Gasteiger partial charge is 0.493 e. The summed E-state index contributed by atoms with van der Waals surface area (Å²) in [5, 5.41) is 1.39. The van der Waals surface area contributed by atoms with E-state index in [0.29, 0.717) is 0 Å². The highest BCUT2D eigenvalue weighted by Crippen LogP contribution is 2.34. The molecule has 2 heterocycles. The Kier molecular flexibility index (Phi) is 4.26. The van der Waals surface area contributed by atoms with Gasteiger partial charge in [0.25, 0.3) is 0 Å². The Bertz CT molecular complexity index is 822. The SMILES string of the molecule is CCN(CCc1c[nH]c2ccc3c(c12)CCO3)Cc1ccccc1. The minimum atomic E-state index is 0.814. The molecule has 0 saturated heterocycles. The Hall–Kier alpha value is -2.26. The average Bonchev–Trinajstić information content (AvgIpc) is 3.25. The van der Waals surface area contributed by atoms with Crippen LogP contribution in [-0.4, -0.2) is 29.6 Å². The molecule has 1 aliphatic heterocycles. The van der Waals surface area contributed by atoms with Gasteiger partial charge in [-0.15, -0.1) is 0 Å². The number of benzene rings is 2. The first-order valence-corrected chi connectivity index (χ1v) is 8.86. The summed E-state index contributed by atoms with van der Waals surface area (Å²) >= 11 is 0. The van der Waals surface area contributed by atoms with Crippen molar-refractivity contribution in [2.24, 2.45) is 0 Å².